The second-order valence-electron chi connectivity index (χ2n) is 7.60. The van der Waals surface area contributed by atoms with Crippen LogP contribution in [0.25, 0.3) is 0 Å². The molecule has 2 aromatic rings. The molecule has 2 fully saturated rings. The summed E-state index contributed by atoms with van der Waals surface area (Å²) in [6.45, 7) is 5.64. The first-order chi connectivity index (χ1) is 12.0. The van der Waals surface area contributed by atoms with Crippen LogP contribution in [0, 0.1) is 13.8 Å². The number of rotatable bonds is 3. The number of aryl methyl sites for hydroxylation is 3. The van der Waals surface area contributed by atoms with Crippen LogP contribution in [0.1, 0.15) is 71.6 Å². The molecule has 6 nitrogen and oxygen atoms in total. The van der Waals surface area contributed by atoms with Gasteiger partial charge in [0.1, 0.15) is 5.82 Å². The Morgan fingerprint density at radius 3 is 2.64 bits per heavy atom. The van der Waals surface area contributed by atoms with Crippen LogP contribution in [0.4, 0.5) is 0 Å². The lowest BCUT2D eigenvalue weighted by Crippen LogP contribution is -2.41. The third-order valence-electron chi connectivity index (χ3n) is 5.77. The van der Waals surface area contributed by atoms with Crippen LogP contribution in [0.15, 0.2) is 12.4 Å². The van der Waals surface area contributed by atoms with Gasteiger partial charge in [-0.25, -0.2) is 4.98 Å². The van der Waals surface area contributed by atoms with E-state index < -0.39 is 0 Å². The number of hydrogen-bond acceptors (Lipinski definition) is 3. The molecule has 134 valence electrons. The number of carbonyl (C=O) groups excluding carboxylic acids is 1. The van der Waals surface area contributed by atoms with E-state index in [9.17, 15) is 4.79 Å². The Labute approximate surface area is 148 Å². The van der Waals surface area contributed by atoms with Gasteiger partial charge in [-0.2, -0.15) is 5.10 Å². The highest BCUT2D eigenvalue weighted by atomic mass is 16.2. The fourth-order valence-electron chi connectivity index (χ4n) is 4.24. The highest BCUT2D eigenvalue weighted by Gasteiger charge is 2.32. The second kappa shape index (κ2) is 6.32. The standard InChI is InChI=1S/C19H27N5O/c1-13-10-20-18(15-6-4-7-15)24(13)16-8-5-9-23(11-16)19(25)17-12-22(3)21-14(17)2/h10,12,15-16H,4-9,11H2,1-3H3. The van der Waals surface area contributed by atoms with Crippen LogP contribution in [-0.4, -0.2) is 43.2 Å². The number of hydrogen-bond donors (Lipinski definition) is 0. The molecular weight excluding hydrogens is 314 g/mol. The van der Waals surface area contributed by atoms with Crippen molar-refractivity contribution in [2.24, 2.45) is 7.05 Å². The normalized spacial score (nSPS) is 21.4. The van der Waals surface area contributed by atoms with Crippen molar-refractivity contribution in [1.29, 1.82) is 0 Å². The highest BCUT2D eigenvalue weighted by Crippen LogP contribution is 2.38. The lowest BCUT2D eigenvalue weighted by Gasteiger charge is -2.36. The van der Waals surface area contributed by atoms with Crippen LogP contribution in [0.2, 0.25) is 0 Å². The molecule has 1 saturated carbocycles. The molecule has 1 aliphatic carbocycles. The van der Waals surface area contributed by atoms with Crippen LogP contribution in [0.5, 0.6) is 0 Å². The zero-order valence-corrected chi connectivity index (χ0v) is 15.4. The number of piperidine rings is 1. The summed E-state index contributed by atoms with van der Waals surface area (Å²) in [5, 5.41) is 4.32. The fourth-order valence-corrected chi connectivity index (χ4v) is 4.24. The smallest absolute Gasteiger partial charge is 0.257 e. The molecular formula is C19H27N5O. The van der Waals surface area contributed by atoms with Gasteiger partial charge in [-0.05, 0) is 39.5 Å². The molecule has 1 amide bonds. The van der Waals surface area contributed by atoms with Crippen molar-refractivity contribution >= 4 is 5.91 Å². The maximum atomic E-state index is 13.0. The van der Waals surface area contributed by atoms with Gasteiger partial charge in [0.15, 0.2) is 0 Å². The maximum Gasteiger partial charge on any atom is 0.257 e. The Balaban J connectivity index is 1.56. The average Bonchev–Trinajstić information content (AvgIpc) is 3.07. The van der Waals surface area contributed by atoms with Gasteiger partial charge in [0.25, 0.3) is 5.91 Å². The van der Waals surface area contributed by atoms with Crippen molar-refractivity contribution < 1.29 is 4.79 Å². The summed E-state index contributed by atoms with van der Waals surface area (Å²) in [6.07, 6.45) is 9.81. The van der Waals surface area contributed by atoms with Crippen molar-refractivity contribution in [3.05, 3.63) is 35.2 Å². The lowest BCUT2D eigenvalue weighted by molar-refractivity contribution is 0.0674. The molecule has 1 saturated heterocycles. The highest BCUT2D eigenvalue weighted by molar-refractivity contribution is 5.95. The quantitative estimate of drug-likeness (QED) is 0.862. The summed E-state index contributed by atoms with van der Waals surface area (Å²) in [5.41, 5.74) is 2.76. The van der Waals surface area contributed by atoms with Gasteiger partial charge in [-0.3, -0.25) is 9.48 Å². The van der Waals surface area contributed by atoms with Gasteiger partial charge < -0.3 is 9.47 Å². The first kappa shape index (κ1) is 16.4. The van der Waals surface area contributed by atoms with Crippen LogP contribution >= 0.6 is 0 Å². The van der Waals surface area contributed by atoms with Crippen molar-refractivity contribution in [1.82, 2.24) is 24.2 Å². The number of likely N-dealkylation sites (tertiary alicyclic amines) is 1. The van der Waals surface area contributed by atoms with Crippen molar-refractivity contribution in [3.8, 4) is 0 Å². The third-order valence-corrected chi connectivity index (χ3v) is 5.77. The number of amides is 1. The van der Waals surface area contributed by atoms with E-state index in [0.29, 0.717) is 12.0 Å². The Hall–Kier alpha value is -2.11. The van der Waals surface area contributed by atoms with E-state index in [0.717, 1.165) is 37.2 Å². The molecule has 4 rings (SSSR count). The van der Waals surface area contributed by atoms with Gasteiger partial charge in [0, 0.05) is 44.1 Å². The molecule has 6 heteroatoms. The van der Waals surface area contributed by atoms with Gasteiger partial charge in [-0.1, -0.05) is 6.42 Å². The number of imidazole rings is 1. The molecule has 0 N–H and O–H groups in total. The largest absolute Gasteiger partial charge is 0.336 e. The van der Waals surface area contributed by atoms with E-state index in [1.54, 1.807) is 4.68 Å². The maximum absolute atomic E-state index is 13.0. The van der Waals surface area contributed by atoms with Gasteiger partial charge in [-0.15, -0.1) is 0 Å². The Morgan fingerprint density at radius 1 is 1.20 bits per heavy atom. The summed E-state index contributed by atoms with van der Waals surface area (Å²) in [5.74, 6) is 1.96. The monoisotopic (exact) mass is 341 g/mol. The molecule has 0 radical (unpaired) electrons. The molecule has 2 aromatic heterocycles. The van der Waals surface area contributed by atoms with Crippen LogP contribution < -0.4 is 0 Å². The minimum Gasteiger partial charge on any atom is -0.336 e. The fraction of sp³-hybridized carbons (Fsp3) is 0.632. The topological polar surface area (TPSA) is 56.0 Å². The van der Waals surface area contributed by atoms with E-state index in [2.05, 4.69) is 16.6 Å². The summed E-state index contributed by atoms with van der Waals surface area (Å²) >= 11 is 0. The van der Waals surface area contributed by atoms with E-state index in [-0.39, 0.29) is 5.91 Å². The average molecular weight is 341 g/mol. The van der Waals surface area contributed by atoms with Gasteiger partial charge in [0.05, 0.1) is 17.3 Å². The van der Waals surface area contributed by atoms with E-state index in [1.165, 1.54) is 30.8 Å². The summed E-state index contributed by atoms with van der Waals surface area (Å²) < 4.78 is 4.14. The molecule has 0 spiro atoms. The van der Waals surface area contributed by atoms with Crippen LogP contribution in [-0.2, 0) is 7.05 Å². The SMILES string of the molecule is Cc1nn(C)cc1C(=O)N1CCCC(n2c(C)cnc2C2CCC2)C1. The predicted molar refractivity (Wildman–Crippen MR) is 95.7 cm³/mol. The Morgan fingerprint density at radius 2 is 2.00 bits per heavy atom. The second-order valence-corrected chi connectivity index (χ2v) is 7.60. The minimum absolute atomic E-state index is 0.110. The zero-order valence-electron chi connectivity index (χ0n) is 15.4. The Kier molecular flexibility index (Phi) is 4.13. The van der Waals surface area contributed by atoms with Gasteiger partial charge >= 0.3 is 0 Å². The molecule has 2 aliphatic rings. The van der Waals surface area contributed by atoms with E-state index in [4.69, 9.17) is 4.98 Å². The summed E-state index contributed by atoms with van der Waals surface area (Å²) in [7, 11) is 1.86. The molecule has 3 heterocycles. The number of aromatic nitrogens is 4. The zero-order chi connectivity index (χ0) is 17.6. The first-order valence-corrected chi connectivity index (χ1v) is 9.38. The van der Waals surface area contributed by atoms with E-state index >= 15 is 0 Å². The molecule has 25 heavy (non-hydrogen) atoms. The first-order valence-electron chi connectivity index (χ1n) is 9.38. The molecule has 0 bridgehead atoms. The van der Waals surface area contributed by atoms with Crippen molar-refractivity contribution in [2.45, 2.75) is 57.9 Å². The summed E-state index contributed by atoms with van der Waals surface area (Å²) in [4.78, 5) is 19.7. The van der Waals surface area contributed by atoms with Crippen LogP contribution in [0.3, 0.4) is 0 Å². The third kappa shape index (κ3) is 2.87. The minimum atomic E-state index is 0.110. The number of nitrogens with zero attached hydrogens (tertiary/aromatic N) is 5. The molecule has 1 atom stereocenters. The molecule has 1 unspecified atom stereocenters. The van der Waals surface area contributed by atoms with Crippen molar-refractivity contribution in [3.63, 3.8) is 0 Å². The van der Waals surface area contributed by atoms with E-state index in [1.807, 2.05) is 31.3 Å². The summed E-state index contributed by atoms with van der Waals surface area (Å²) in [6, 6.07) is 0.341. The lowest BCUT2D eigenvalue weighted by atomic mass is 9.84. The molecule has 0 aromatic carbocycles. The number of carbonyl (C=O) groups is 1. The van der Waals surface area contributed by atoms with Gasteiger partial charge in [0.2, 0.25) is 0 Å². The van der Waals surface area contributed by atoms with Crippen molar-refractivity contribution in [2.75, 3.05) is 13.1 Å². The molecule has 1 aliphatic heterocycles. The predicted octanol–water partition coefficient (Wildman–Crippen LogP) is 2.98. The Bertz CT molecular complexity index is 786.